The predicted octanol–water partition coefficient (Wildman–Crippen LogP) is 3.94. The Morgan fingerprint density at radius 3 is 1.94 bits per heavy atom. The average molecular weight is 254 g/mol. The van der Waals surface area contributed by atoms with Crippen molar-refractivity contribution in [3.05, 3.63) is 12.2 Å². The molecule has 0 aromatic rings. The van der Waals surface area contributed by atoms with Crippen LogP contribution in [-0.2, 0) is 0 Å². The molecule has 0 unspecified atom stereocenters. The first-order chi connectivity index (χ1) is 7.32. The van der Waals surface area contributed by atoms with Crippen molar-refractivity contribution in [3.8, 4) is 0 Å². The molecule has 0 aliphatic rings. The molecular weight excluding hydrogens is 237 g/mol. The number of hydrogen-bond acceptors (Lipinski definition) is 2. The molecule has 6 heteroatoms. The standard InChI is InChI=1S/C8H11F3N2S.C2H6/c1-5(8(9,10)11)6(2)13-7(12-3)14-4;1-2/h1H2,2-4H3;1-2H3/b12-7?,13-6-;. The van der Waals surface area contributed by atoms with Crippen molar-refractivity contribution in [1.82, 2.24) is 0 Å². The van der Waals surface area contributed by atoms with Crippen LogP contribution in [0.15, 0.2) is 22.1 Å². The lowest BCUT2D eigenvalue weighted by atomic mass is 10.2. The maximum Gasteiger partial charge on any atom is 0.417 e. The number of aliphatic imine (C=N–C) groups is 2. The molecule has 0 saturated carbocycles. The highest BCUT2D eigenvalue weighted by Crippen LogP contribution is 2.25. The van der Waals surface area contributed by atoms with E-state index in [1.807, 2.05) is 13.8 Å². The molecule has 0 aromatic heterocycles. The summed E-state index contributed by atoms with van der Waals surface area (Å²) in [5.41, 5.74) is -1.10. The van der Waals surface area contributed by atoms with Gasteiger partial charge in [0.25, 0.3) is 0 Å². The second kappa shape index (κ2) is 8.38. The number of thioether (sulfide) groups is 1. The summed E-state index contributed by atoms with van der Waals surface area (Å²) in [6.07, 6.45) is -2.74. The second-order valence-corrected chi connectivity index (χ2v) is 3.16. The maximum absolute atomic E-state index is 12.1. The van der Waals surface area contributed by atoms with Gasteiger partial charge in [-0.05, 0) is 13.2 Å². The Bertz CT molecular complexity index is 280. The Hall–Kier alpha value is -0.780. The van der Waals surface area contributed by atoms with E-state index in [9.17, 15) is 13.2 Å². The fourth-order valence-electron chi connectivity index (χ4n) is 0.603. The molecule has 0 aliphatic heterocycles. The first-order valence-electron chi connectivity index (χ1n) is 4.65. The van der Waals surface area contributed by atoms with Gasteiger partial charge in [0, 0.05) is 7.05 Å². The molecule has 0 amide bonds. The highest BCUT2D eigenvalue weighted by Gasteiger charge is 2.33. The van der Waals surface area contributed by atoms with Crippen molar-refractivity contribution < 1.29 is 13.2 Å². The number of nitrogens with zero attached hydrogens (tertiary/aromatic N) is 2. The Morgan fingerprint density at radius 1 is 1.25 bits per heavy atom. The van der Waals surface area contributed by atoms with Crippen molar-refractivity contribution in [2.24, 2.45) is 9.98 Å². The van der Waals surface area contributed by atoms with E-state index in [-0.39, 0.29) is 5.71 Å². The topological polar surface area (TPSA) is 24.7 Å². The largest absolute Gasteiger partial charge is 0.417 e. The maximum atomic E-state index is 12.1. The minimum atomic E-state index is -4.43. The predicted molar refractivity (Wildman–Crippen MR) is 66.5 cm³/mol. The summed E-state index contributed by atoms with van der Waals surface area (Å²) in [6, 6.07) is 0. The molecule has 0 N–H and O–H groups in total. The molecular formula is C10H17F3N2S. The molecule has 0 rings (SSSR count). The summed E-state index contributed by atoms with van der Waals surface area (Å²) >= 11 is 1.18. The van der Waals surface area contributed by atoms with Crippen molar-refractivity contribution >= 4 is 22.6 Å². The number of halogens is 3. The van der Waals surface area contributed by atoms with Crippen LogP contribution in [0.1, 0.15) is 20.8 Å². The van der Waals surface area contributed by atoms with Gasteiger partial charge in [-0.1, -0.05) is 32.2 Å². The molecule has 0 saturated heterocycles. The number of alkyl halides is 3. The minimum absolute atomic E-state index is 0.160. The molecule has 0 aliphatic carbocycles. The lowest BCUT2D eigenvalue weighted by molar-refractivity contribution is -0.0857. The van der Waals surface area contributed by atoms with Crippen LogP contribution in [0.5, 0.6) is 0 Å². The molecule has 0 spiro atoms. The van der Waals surface area contributed by atoms with Crippen LogP contribution in [0.4, 0.5) is 13.2 Å². The first kappa shape index (κ1) is 17.6. The van der Waals surface area contributed by atoms with Crippen molar-refractivity contribution in [1.29, 1.82) is 0 Å². The normalized spacial score (nSPS) is 13.0. The van der Waals surface area contributed by atoms with E-state index in [4.69, 9.17) is 0 Å². The summed E-state index contributed by atoms with van der Waals surface area (Å²) in [5.74, 6) is 0. The van der Waals surface area contributed by atoms with E-state index in [1.54, 1.807) is 6.26 Å². The van der Waals surface area contributed by atoms with Crippen molar-refractivity contribution in [3.63, 3.8) is 0 Å². The van der Waals surface area contributed by atoms with Crippen LogP contribution in [0, 0.1) is 0 Å². The molecule has 0 aromatic carbocycles. The van der Waals surface area contributed by atoms with Gasteiger partial charge in [-0.15, -0.1) is 0 Å². The lowest BCUT2D eigenvalue weighted by Crippen LogP contribution is -2.17. The van der Waals surface area contributed by atoms with E-state index in [2.05, 4.69) is 16.6 Å². The van der Waals surface area contributed by atoms with Crippen LogP contribution in [0.25, 0.3) is 0 Å². The van der Waals surface area contributed by atoms with Crippen LogP contribution in [-0.4, -0.2) is 30.4 Å². The molecule has 0 radical (unpaired) electrons. The average Bonchev–Trinajstić information content (AvgIpc) is 2.26. The third-order valence-corrected chi connectivity index (χ3v) is 2.06. The van der Waals surface area contributed by atoms with Gasteiger partial charge in [-0.3, -0.25) is 4.99 Å². The number of rotatable bonds is 1. The Labute approximate surface area is 98.8 Å². The van der Waals surface area contributed by atoms with Crippen LogP contribution in [0.3, 0.4) is 0 Å². The van der Waals surface area contributed by atoms with Gasteiger partial charge < -0.3 is 0 Å². The van der Waals surface area contributed by atoms with Crippen LogP contribution < -0.4 is 0 Å². The van der Waals surface area contributed by atoms with E-state index < -0.39 is 11.7 Å². The Morgan fingerprint density at radius 2 is 1.69 bits per heavy atom. The molecule has 16 heavy (non-hydrogen) atoms. The fraction of sp³-hybridized carbons (Fsp3) is 0.600. The number of hydrogen-bond donors (Lipinski definition) is 0. The zero-order valence-corrected chi connectivity index (χ0v) is 11.0. The molecule has 0 atom stereocenters. The van der Waals surface area contributed by atoms with Gasteiger partial charge in [0.2, 0.25) is 0 Å². The van der Waals surface area contributed by atoms with Crippen LogP contribution >= 0.6 is 11.8 Å². The lowest BCUT2D eigenvalue weighted by Gasteiger charge is -2.09. The van der Waals surface area contributed by atoms with Gasteiger partial charge in [-0.25, -0.2) is 4.99 Å². The molecule has 0 heterocycles. The third kappa shape index (κ3) is 6.66. The fourth-order valence-corrected chi connectivity index (χ4v) is 1.01. The van der Waals surface area contributed by atoms with Gasteiger partial charge >= 0.3 is 6.18 Å². The van der Waals surface area contributed by atoms with Crippen molar-refractivity contribution in [2.45, 2.75) is 26.9 Å². The Balaban J connectivity index is 0. The number of allylic oxidation sites excluding steroid dienone is 1. The SMILES string of the molecule is C=C(/C(C)=N\C(=NC)SC)C(F)(F)F.CC. The molecule has 0 bridgehead atoms. The highest BCUT2D eigenvalue weighted by atomic mass is 32.2. The summed E-state index contributed by atoms with van der Waals surface area (Å²) in [5, 5.41) is 0.299. The first-order valence-corrected chi connectivity index (χ1v) is 5.88. The zero-order valence-electron chi connectivity index (χ0n) is 10.1. The van der Waals surface area contributed by atoms with Crippen molar-refractivity contribution in [2.75, 3.05) is 13.3 Å². The van der Waals surface area contributed by atoms with Gasteiger partial charge in [0.1, 0.15) is 0 Å². The summed E-state index contributed by atoms with van der Waals surface area (Å²) in [4.78, 5) is 7.38. The minimum Gasteiger partial charge on any atom is -0.264 e. The Kier molecular flexibility index (Phi) is 9.22. The quantitative estimate of drug-likeness (QED) is 0.514. The van der Waals surface area contributed by atoms with Gasteiger partial charge in [-0.2, -0.15) is 13.2 Å². The number of amidine groups is 1. The molecule has 94 valence electrons. The monoisotopic (exact) mass is 254 g/mol. The van der Waals surface area contributed by atoms with Gasteiger partial charge in [0.15, 0.2) is 5.17 Å². The highest BCUT2D eigenvalue weighted by molar-refractivity contribution is 8.13. The summed E-state index contributed by atoms with van der Waals surface area (Å²) in [6.45, 7) is 8.19. The van der Waals surface area contributed by atoms with E-state index in [1.165, 1.54) is 25.7 Å². The molecule has 2 nitrogen and oxygen atoms in total. The summed E-state index contributed by atoms with van der Waals surface area (Å²) in [7, 11) is 1.47. The van der Waals surface area contributed by atoms with E-state index >= 15 is 0 Å². The van der Waals surface area contributed by atoms with Gasteiger partial charge in [0.05, 0.1) is 11.3 Å². The van der Waals surface area contributed by atoms with E-state index in [0.29, 0.717) is 5.17 Å². The second-order valence-electron chi connectivity index (χ2n) is 2.38. The molecule has 0 fully saturated rings. The van der Waals surface area contributed by atoms with E-state index in [0.717, 1.165) is 0 Å². The third-order valence-electron chi connectivity index (χ3n) is 1.42. The zero-order chi connectivity index (χ0) is 13.4. The van der Waals surface area contributed by atoms with Crippen LogP contribution in [0.2, 0.25) is 0 Å². The smallest absolute Gasteiger partial charge is 0.264 e. The summed E-state index contributed by atoms with van der Waals surface area (Å²) < 4.78 is 36.4.